The summed E-state index contributed by atoms with van der Waals surface area (Å²) in [7, 11) is 0. The van der Waals surface area contributed by atoms with Gasteiger partial charge in [0.15, 0.2) is 0 Å². The summed E-state index contributed by atoms with van der Waals surface area (Å²) >= 11 is 0. The van der Waals surface area contributed by atoms with Crippen molar-refractivity contribution in [2.24, 2.45) is 0 Å². The van der Waals surface area contributed by atoms with Crippen LogP contribution in [0.2, 0.25) is 0 Å². The van der Waals surface area contributed by atoms with E-state index in [1.807, 2.05) is 0 Å². The summed E-state index contributed by atoms with van der Waals surface area (Å²) < 4.78 is 0. The van der Waals surface area contributed by atoms with Gasteiger partial charge in [-0.3, -0.25) is 0 Å². The second-order valence-corrected chi connectivity index (χ2v) is 3.73. The van der Waals surface area contributed by atoms with E-state index in [0.717, 1.165) is 0 Å². The van der Waals surface area contributed by atoms with E-state index < -0.39 is 0 Å². The number of benzene rings is 1. The summed E-state index contributed by atoms with van der Waals surface area (Å²) in [5.74, 6) is 0. The van der Waals surface area contributed by atoms with Crippen molar-refractivity contribution in [1.82, 2.24) is 0 Å². The molecule has 0 aliphatic heterocycles. The molecule has 0 fully saturated rings. The quantitative estimate of drug-likeness (QED) is 0.592. The van der Waals surface area contributed by atoms with Crippen molar-refractivity contribution in [3.8, 4) is 0 Å². The molecule has 0 unspecified atom stereocenters. The van der Waals surface area contributed by atoms with E-state index in [1.165, 1.54) is 5.56 Å². The molecule has 0 bridgehead atoms. The van der Waals surface area contributed by atoms with Crippen LogP contribution in [0, 0.1) is 0 Å². The Morgan fingerprint density at radius 2 is 1.38 bits per heavy atom. The second kappa shape index (κ2) is 5.78. The minimum atomic E-state index is 0. The molecule has 0 atom stereocenters. The van der Waals surface area contributed by atoms with Gasteiger partial charge in [-0.1, -0.05) is 51.1 Å². The highest BCUT2D eigenvalue weighted by Crippen LogP contribution is 2.20. The first-order chi connectivity index (χ1) is 6.02. The average Bonchev–Trinajstić information content (AvgIpc) is 2.06. The molecular weight excluding hydrogens is 163 g/mol. The standard InChI is InChI=1S/C10H14.BH2O2/c1-10(2,3)9-7-5-4-6-8-9;2-1-3/h4-8H,1-3H3;2-3H. The van der Waals surface area contributed by atoms with Crippen molar-refractivity contribution in [2.75, 3.05) is 0 Å². The molecule has 2 nitrogen and oxygen atoms in total. The highest BCUT2D eigenvalue weighted by Gasteiger charge is 2.11. The summed E-state index contributed by atoms with van der Waals surface area (Å²) in [4.78, 5) is 0. The molecule has 0 heterocycles. The molecule has 3 heteroatoms. The lowest BCUT2D eigenvalue weighted by Gasteiger charge is -2.18. The lowest BCUT2D eigenvalue weighted by molar-refractivity contribution is 0.448. The second-order valence-electron chi connectivity index (χ2n) is 3.73. The van der Waals surface area contributed by atoms with Crippen molar-refractivity contribution in [3.63, 3.8) is 0 Å². The van der Waals surface area contributed by atoms with Crippen LogP contribution in [0.1, 0.15) is 26.3 Å². The van der Waals surface area contributed by atoms with Crippen LogP contribution in [-0.4, -0.2) is 17.7 Å². The van der Waals surface area contributed by atoms with Crippen LogP contribution in [0.25, 0.3) is 0 Å². The van der Waals surface area contributed by atoms with Gasteiger partial charge in [-0.05, 0) is 11.0 Å². The SMILES string of the molecule is CC(C)(C)c1ccccc1.O[B]O. The number of rotatable bonds is 0. The maximum atomic E-state index is 7.00. The van der Waals surface area contributed by atoms with Crippen LogP contribution in [0.4, 0.5) is 0 Å². The summed E-state index contributed by atoms with van der Waals surface area (Å²) in [6.45, 7) is 6.67. The highest BCUT2D eigenvalue weighted by atomic mass is 16.4. The van der Waals surface area contributed by atoms with Crippen molar-refractivity contribution in [1.29, 1.82) is 0 Å². The van der Waals surface area contributed by atoms with Gasteiger partial charge in [-0.2, -0.15) is 0 Å². The molecule has 0 aromatic heterocycles. The van der Waals surface area contributed by atoms with E-state index in [9.17, 15) is 0 Å². The van der Waals surface area contributed by atoms with Gasteiger partial charge in [0.2, 0.25) is 0 Å². The van der Waals surface area contributed by atoms with Gasteiger partial charge in [-0.15, -0.1) is 0 Å². The fourth-order valence-electron chi connectivity index (χ4n) is 0.938. The maximum absolute atomic E-state index is 7.00. The zero-order valence-electron chi connectivity index (χ0n) is 8.36. The van der Waals surface area contributed by atoms with Crippen LogP contribution < -0.4 is 0 Å². The molecule has 1 aromatic carbocycles. The predicted molar refractivity (Wildman–Crippen MR) is 55.3 cm³/mol. The molecule has 2 N–H and O–H groups in total. The fraction of sp³-hybridized carbons (Fsp3) is 0.400. The number of hydrogen-bond acceptors (Lipinski definition) is 2. The average molecular weight is 179 g/mol. The summed E-state index contributed by atoms with van der Waals surface area (Å²) in [5, 5.41) is 14.0. The normalized spacial score (nSPS) is 9.92. The zero-order chi connectivity index (χ0) is 10.3. The van der Waals surface area contributed by atoms with Crippen LogP contribution in [-0.2, 0) is 5.41 Å². The smallest absolute Gasteiger partial charge is 0.429 e. The van der Waals surface area contributed by atoms with Crippen molar-refractivity contribution in [3.05, 3.63) is 35.9 Å². The van der Waals surface area contributed by atoms with E-state index in [-0.39, 0.29) is 7.69 Å². The molecule has 0 saturated heterocycles. The molecule has 71 valence electrons. The largest absolute Gasteiger partial charge is 0.482 e. The first-order valence-electron chi connectivity index (χ1n) is 4.18. The lowest BCUT2D eigenvalue weighted by atomic mass is 9.87. The van der Waals surface area contributed by atoms with Crippen molar-refractivity contribution >= 4 is 7.69 Å². The van der Waals surface area contributed by atoms with E-state index in [1.54, 1.807) is 0 Å². The van der Waals surface area contributed by atoms with E-state index >= 15 is 0 Å². The van der Waals surface area contributed by atoms with Gasteiger partial charge in [0, 0.05) is 0 Å². The molecule has 1 radical (unpaired) electrons. The molecule has 13 heavy (non-hydrogen) atoms. The van der Waals surface area contributed by atoms with Crippen LogP contribution in [0.5, 0.6) is 0 Å². The molecule has 0 aliphatic carbocycles. The van der Waals surface area contributed by atoms with Crippen LogP contribution >= 0.6 is 0 Å². The maximum Gasteiger partial charge on any atom is 0.482 e. The Balaban J connectivity index is 0.000000424. The summed E-state index contributed by atoms with van der Waals surface area (Å²) in [6, 6.07) is 10.6. The van der Waals surface area contributed by atoms with E-state index in [2.05, 4.69) is 51.1 Å². The minimum absolute atomic E-state index is 0. The molecule has 0 saturated carbocycles. The molecule has 0 spiro atoms. The Morgan fingerprint density at radius 1 is 1.00 bits per heavy atom. The minimum Gasteiger partial charge on any atom is -0.429 e. The van der Waals surface area contributed by atoms with Gasteiger partial charge in [0.1, 0.15) is 0 Å². The first kappa shape index (κ1) is 12.2. The topological polar surface area (TPSA) is 40.5 Å². The zero-order valence-corrected chi connectivity index (χ0v) is 8.36. The monoisotopic (exact) mass is 179 g/mol. The third-order valence-electron chi connectivity index (χ3n) is 1.64. The molecular formula is C10H16BO2. The van der Waals surface area contributed by atoms with Gasteiger partial charge in [0.25, 0.3) is 0 Å². The molecule has 0 amide bonds. The first-order valence-corrected chi connectivity index (χ1v) is 4.18. The summed E-state index contributed by atoms with van der Waals surface area (Å²) in [5.41, 5.74) is 1.69. The summed E-state index contributed by atoms with van der Waals surface area (Å²) in [6.07, 6.45) is 0. The van der Waals surface area contributed by atoms with Gasteiger partial charge in [0.05, 0.1) is 0 Å². The Labute approximate surface area is 80.5 Å². The van der Waals surface area contributed by atoms with Crippen molar-refractivity contribution in [2.45, 2.75) is 26.2 Å². The third kappa shape index (κ3) is 5.44. The van der Waals surface area contributed by atoms with Gasteiger partial charge >= 0.3 is 7.69 Å². The predicted octanol–water partition coefficient (Wildman–Crippen LogP) is 1.49. The van der Waals surface area contributed by atoms with Crippen LogP contribution in [0.15, 0.2) is 30.3 Å². The Hall–Kier alpha value is -0.795. The van der Waals surface area contributed by atoms with Gasteiger partial charge < -0.3 is 10.0 Å². The molecule has 1 rings (SSSR count). The van der Waals surface area contributed by atoms with Crippen molar-refractivity contribution < 1.29 is 10.0 Å². The lowest BCUT2D eigenvalue weighted by Crippen LogP contribution is -2.10. The van der Waals surface area contributed by atoms with Crippen LogP contribution in [0.3, 0.4) is 0 Å². The van der Waals surface area contributed by atoms with E-state index in [0.29, 0.717) is 5.41 Å². The third-order valence-corrected chi connectivity index (χ3v) is 1.64. The van der Waals surface area contributed by atoms with E-state index in [4.69, 9.17) is 10.0 Å². The highest BCUT2D eigenvalue weighted by molar-refractivity contribution is 6.13. The molecule has 1 aromatic rings. The Morgan fingerprint density at radius 3 is 1.62 bits per heavy atom. The molecule has 0 aliphatic rings. The Bertz CT molecular complexity index is 216. The van der Waals surface area contributed by atoms with Gasteiger partial charge in [-0.25, -0.2) is 0 Å². The Kier molecular flexibility index (Phi) is 5.43. The fourth-order valence-corrected chi connectivity index (χ4v) is 0.938. The number of hydrogen-bond donors (Lipinski definition) is 2.